The Bertz CT molecular complexity index is 479. The molecule has 0 fully saturated rings. The Kier molecular flexibility index (Phi) is 5.01. The molecule has 0 aliphatic carbocycles. The lowest BCUT2D eigenvalue weighted by Gasteiger charge is -2.17. The van der Waals surface area contributed by atoms with Crippen molar-refractivity contribution in [3.63, 3.8) is 0 Å². The van der Waals surface area contributed by atoms with E-state index in [2.05, 4.69) is 17.2 Å². The van der Waals surface area contributed by atoms with E-state index in [0.717, 1.165) is 28.6 Å². The molecule has 2 rings (SSSR count). The fourth-order valence-corrected chi connectivity index (χ4v) is 3.10. The van der Waals surface area contributed by atoms with Crippen molar-refractivity contribution in [2.75, 3.05) is 6.54 Å². The van der Waals surface area contributed by atoms with Crippen LogP contribution in [0.25, 0.3) is 0 Å². The van der Waals surface area contributed by atoms with Gasteiger partial charge in [0.15, 0.2) is 0 Å². The highest BCUT2D eigenvalue weighted by Crippen LogP contribution is 2.30. The first kappa shape index (κ1) is 13.8. The van der Waals surface area contributed by atoms with Crippen LogP contribution >= 0.6 is 34.5 Å². The average molecular weight is 301 g/mol. The second kappa shape index (κ2) is 6.53. The number of halogens is 2. The van der Waals surface area contributed by atoms with Crippen molar-refractivity contribution in [2.45, 2.75) is 19.4 Å². The van der Waals surface area contributed by atoms with Crippen molar-refractivity contribution in [1.82, 2.24) is 10.3 Å². The number of likely N-dealkylation sites (N-methyl/N-ethyl adjacent to an activating group) is 1. The standard InChI is InChI=1S/C13H14Cl2N2S/c1-2-17-12(13-7-16-8-18-13)6-9-10(14)4-3-5-11(9)15/h3-5,7-8,12,17H,2,6H2,1H3. The molecule has 0 spiro atoms. The molecule has 0 aliphatic rings. The van der Waals surface area contributed by atoms with Gasteiger partial charge in [0.2, 0.25) is 0 Å². The molecule has 18 heavy (non-hydrogen) atoms. The molecule has 0 bridgehead atoms. The van der Waals surface area contributed by atoms with E-state index in [1.54, 1.807) is 11.3 Å². The van der Waals surface area contributed by atoms with Crippen molar-refractivity contribution >= 4 is 34.5 Å². The lowest BCUT2D eigenvalue weighted by atomic mass is 10.0. The van der Waals surface area contributed by atoms with Crippen molar-refractivity contribution in [1.29, 1.82) is 0 Å². The van der Waals surface area contributed by atoms with Crippen molar-refractivity contribution < 1.29 is 0 Å². The summed E-state index contributed by atoms with van der Waals surface area (Å²) < 4.78 is 0. The summed E-state index contributed by atoms with van der Waals surface area (Å²) >= 11 is 14.1. The Morgan fingerprint density at radius 3 is 2.61 bits per heavy atom. The summed E-state index contributed by atoms with van der Waals surface area (Å²) in [7, 11) is 0. The fraction of sp³-hybridized carbons (Fsp3) is 0.308. The molecule has 1 atom stereocenters. The lowest BCUT2D eigenvalue weighted by Crippen LogP contribution is -2.22. The monoisotopic (exact) mass is 300 g/mol. The number of thiazole rings is 1. The van der Waals surface area contributed by atoms with E-state index in [1.165, 1.54) is 4.88 Å². The molecular formula is C13H14Cl2N2S. The Morgan fingerprint density at radius 1 is 1.33 bits per heavy atom. The van der Waals surface area contributed by atoms with Gasteiger partial charge in [0.25, 0.3) is 0 Å². The van der Waals surface area contributed by atoms with Gasteiger partial charge in [0.05, 0.1) is 5.51 Å². The van der Waals surface area contributed by atoms with Gasteiger partial charge in [-0.1, -0.05) is 36.2 Å². The second-order valence-corrected chi connectivity index (χ2v) is 5.65. The number of aromatic nitrogens is 1. The summed E-state index contributed by atoms with van der Waals surface area (Å²) in [5.41, 5.74) is 2.83. The molecule has 1 unspecified atom stereocenters. The number of hydrogen-bond acceptors (Lipinski definition) is 3. The number of hydrogen-bond donors (Lipinski definition) is 1. The lowest BCUT2D eigenvalue weighted by molar-refractivity contribution is 0.557. The van der Waals surface area contributed by atoms with E-state index in [0.29, 0.717) is 0 Å². The van der Waals surface area contributed by atoms with Crippen LogP contribution in [-0.2, 0) is 6.42 Å². The minimum atomic E-state index is 0.208. The van der Waals surface area contributed by atoms with Crippen molar-refractivity contribution in [3.05, 3.63) is 50.4 Å². The van der Waals surface area contributed by atoms with E-state index >= 15 is 0 Å². The van der Waals surface area contributed by atoms with Crippen molar-refractivity contribution in [3.8, 4) is 0 Å². The predicted molar refractivity (Wildman–Crippen MR) is 78.7 cm³/mol. The molecule has 1 N–H and O–H groups in total. The summed E-state index contributed by atoms with van der Waals surface area (Å²) in [6, 6.07) is 5.82. The quantitative estimate of drug-likeness (QED) is 0.888. The first-order chi connectivity index (χ1) is 8.72. The van der Waals surface area contributed by atoms with Gasteiger partial charge in [-0.05, 0) is 30.7 Å². The van der Waals surface area contributed by atoms with Gasteiger partial charge in [0, 0.05) is 27.2 Å². The SMILES string of the molecule is CCNC(Cc1c(Cl)cccc1Cl)c1cncs1. The van der Waals surface area contributed by atoms with Crippen LogP contribution < -0.4 is 5.32 Å². The third-order valence-electron chi connectivity index (χ3n) is 2.72. The molecular weight excluding hydrogens is 287 g/mol. The minimum absolute atomic E-state index is 0.208. The summed E-state index contributed by atoms with van der Waals surface area (Å²) in [5.74, 6) is 0. The smallest absolute Gasteiger partial charge is 0.0794 e. The topological polar surface area (TPSA) is 24.9 Å². The van der Waals surface area contributed by atoms with Crippen LogP contribution in [0.5, 0.6) is 0 Å². The van der Waals surface area contributed by atoms with E-state index in [-0.39, 0.29) is 6.04 Å². The zero-order valence-electron chi connectivity index (χ0n) is 9.99. The maximum absolute atomic E-state index is 6.21. The van der Waals surface area contributed by atoms with Crippen LogP contribution in [0.4, 0.5) is 0 Å². The molecule has 5 heteroatoms. The maximum Gasteiger partial charge on any atom is 0.0794 e. The molecule has 96 valence electrons. The first-order valence-corrected chi connectivity index (χ1v) is 7.40. The van der Waals surface area contributed by atoms with E-state index in [1.807, 2.05) is 29.9 Å². The maximum atomic E-state index is 6.21. The van der Waals surface area contributed by atoms with Crippen LogP contribution in [0.15, 0.2) is 29.9 Å². The van der Waals surface area contributed by atoms with E-state index < -0.39 is 0 Å². The Labute approximate surface area is 121 Å². The van der Waals surface area contributed by atoms with Crippen LogP contribution in [0.1, 0.15) is 23.4 Å². The molecule has 0 radical (unpaired) electrons. The molecule has 0 aliphatic heterocycles. The van der Waals surface area contributed by atoms with Crippen molar-refractivity contribution in [2.24, 2.45) is 0 Å². The zero-order valence-corrected chi connectivity index (χ0v) is 12.3. The molecule has 0 saturated heterocycles. The number of benzene rings is 1. The van der Waals surface area contributed by atoms with Crippen LogP contribution in [-0.4, -0.2) is 11.5 Å². The zero-order chi connectivity index (χ0) is 13.0. The van der Waals surface area contributed by atoms with E-state index in [9.17, 15) is 0 Å². The van der Waals surface area contributed by atoms with Gasteiger partial charge in [-0.15, -0.1) is 11.3 Å². The molecule has 1 heterocycles. The second-order valence-electron chi connectivity index (χ2n) is 3.92. The predicted octanol–water partition coefficient (Wildman–Crippen LogP) is 4.34. The van der Waals surface area contributed by atoms with Gasteiger partial charge >= 0.3 is 0 Å². The fourth-order valence-electron chi connectivity index (χ4n) is 1.85. The molecule has 2 aromatic rings. The van der Waals surface area contributed by atoms with Gasteiger partial charge in [-0.2, -0.15) is 0 Å². The number of nitrogens with zero attached hydrogens (tertiary/aromatic N) is 1. The highest BCUT2D eigenvalue weighted by atomic mass is 35.5. The van der Waals surface area contributed by atoms with Gasteiger partial charge in [-0.25, -0.2) is 0 Å². The van der Waals surface area contributed by atoms with Gasteiger partial charge in [-0.3, -0.25) is 4.98 Å². The van der Waals surface area contributed by atoms with Gasteiger partial charge < -0.3 is 5.32 Å². The Balaban J connectivity index is 2.24. The minimum Gasteiger partial charge on any atom is -0.309 e. The normalized spacial score (nSPS) is 12.6. The Hall–Kier alpha value is -0.610. The third kappa shape index (κ3) is 3.23. The number of rotatable bonds is 5. The summed E-state index contributed by atoms with van der Waals surface area (Å²) in [6.45, 7) is 2.98. The van der Waals surface area contributed by atoms with Crippen LogP contribution in [0.3, 0.4) is 0 Å². The average Bonchev–Trinajstić information content (AvgIpc) is 2.86. The van der Waals surface area contributed by atoms with Crippen LogP contribution in [0.2, 0.25) is 10.0 Å². The molecule has 0 amide bonds. The molecule has 0 saturated carbocycles. The third-order valence-corrected chi connectivity index (χ3v) is 4.31. The first-order valence-electron chi connectivity index (χ1n) is 5.77. The Morgan fingerprint density at radius 2 is 2.06 bits per heavy atom. The molecule has 2 nitrogen and oxygen atoms in total. The highest BCUT2D eigenvalue weighted by molar-refractivity contribution is 7.09. The number of nitrogens with one attached hydrogen (secondary N) is 1. The summed E-state index contributed by atoms with van der Waals surface area (Å²) in [6.07, 6.45) is 2.66. The van der Waals surface area contributed by atoms with Crippen LogP contribution in [0, 0.1) is 0 Å². The highest BCUT2D eigenvalue weighted by Gasteiger charge is 2.16. The summed E-state index contributed by atoms with van der Waals surface area (Å²) in [5, 5.41) is 4.88. The largest absolute Gasteiger partial charge is 0.309 e. The molecule has 1 aromatic heterocycles. The van der Waals surface area contributed by atoms with Gasteiger partial charge in [0.1, 0.15) is 0 Å². The van der Waals surface area contributed by atoms with E-state index in [4.69, 9.17) is 23.2 Å². The summed E-state index contributed by atoms with van der Waals surface area (Å²) in [4.78, 5) is 5.33. The molecule has 1 aromatic carbocycles.